The van der Waals surface area contributed by atoms with Crippen LogP contribution in [0.1, 0.15) is 12.0 Å². The van der Waals surface area contributed by atoms with E-state index in [2.05, 4.69) is 10.1 Å². The first-order valence-corrected chi connectivity index (χ1v) is 9.20. The zero-order chi connectivity index (χ0) is 19.2. The molecule has 0 atom stereocenters. The predicted octanol–water partition coefficient (Wildman–Crippen LogP) is 3.07. The van der Waals surface area contributed by atoms with Gasteiger partial charge in [-0.1, -0.05) is 30.3 Å². The number of nitrogens with one attached hydrogen (secondary N) is 1. The van der Waals surface area contributed by atoms with Crippen molar-refractivity contribution >= 4 is 15.7 Å². The molecule has 9 heteroatoms. The molecule has 2 aromatic carbocycles. The van der Waals surface area contributed by atoms with Crippen molar-refractivity contribution in [3.63, 3.8) is 0 Å². The molecule has 0 radical (unpaired) electrons. The summed E-state index contributed by atoms with van der Waals surface area (Å²) in [5.74, 6) is -1.16. The molecule has 0 saturated heterocycles. The summed E-state index contributed by atoms with van der Waals surface area (Å²) in [4.78, 5) is 11.9. The molecule has 0 aliphatic heterocycles. The van der Waals surface area contributed by atoms with Gasteiger partial charge in [0.25, 0.3) is 0 Å². The highest BCUT2D eigenvalue weighted by molar-refractivity contribution is 7.91. The van der Waals surface area contributed by atoms with Gasteiger partial charge in [0, 0.05) is 13.0 Å². The first-order chi connectivity index (χ1) is 12.2. The summed E-state index contributed by atoms with van der Waals surface area (Å²) in [5.41, 5.74) is 0.554. The van der Waals surface area contributed by atoms with Crippen LogP contribution in [0.4, 0.5) is 13.2 Å². The summed E-state index contributed by atoms with van der Waals surface area (Å²) in [6.07, 6.45) is -4.98. The Morgan fingerprint density at radius 3 is 2.19 bits per heavy atom. The molecule has 2 rings (SSSR count). The van der Waals surface area contributed by atoms with E-state index in [1.54, 1.807) is 18.2 Å². The third kappa shape index (κ3) is 6.40. The number of rotatable bonds is 7. The van der Waals surface area contributed by atoms with Crippen molar-refractivity contribution < 1.29 is 31.1 Å². The number of carbonyl (C=O) groups excluding carboxylic acids is 1. The number of halogens is 3. The maximum absolute atomic E-state index is 12.1. The molecule has 0 spiro atoms. The van der Waals surface area contributed by atoms with E-state index in [4.69, 9.17) is 0 Å². The Balaban J connectivity index is 1.82. The summed E-state index contributed by atoms with van der Waals surface area (Å²) in [6.45, 7) is 0.0660. The molecule has 2 aromatic rings. The van der Waals surface area contributed by atoms with E-state index < -0.39 is 22.1 Å². The SMILES string of the molecule is O=C(CCS(=O)(=O)c1ccccc1)NCc1ccc(OC(F)(F)F)cc1. The molecule has 1 amide bonds. The molecule has 1 N–H and O–H groups in total. The van der Waals surface area contributed by atoms with Gasteiger partial charge in [0.2, 0.25) is 5.91 Å². The normalized spacial score (nSPS) is 11.8. The maximum Gasteiger partial charge on any atom is 0.573 e. The van der Waals surface area contributed by atoms with Crippen LogP contribution in [-0.2, 0) is 21.2 Å². The molecule has 0 bridgehead atoms. The van der Waals surface area contributed by atoms with Crippen molar-refractivity contribution in [1.29, 1.82) is 0 Å². The monoisotopic (exact) mass is 387 g/mol. The Morgan fingerprint density at radius 1 is 1.00 bits per heavy atom. The predicted molar refractivity (Wildman–Crippen MR) is 88.1 cm³/mol. The highest BCUT2D eigenvalue weighted by Gasteiger charge is 2.30. The Labute approximate surface area is 148 Å². The number of amides is 1. The van der Waals surface area contributed by atoms with Gasteiger partial charge in [-0.05, 0) is 29.8 Å². The molecule has 0 heterocycles. The number of ether oxygens (including phenoxy) is 1. The van der Waals surface area contributed by atoms with Gasteiger partial charge in [-0.2, -0.15) is 0 Å². The second-order valence-electron chi connectivity index (χ2n) is 5.35. The van der Waals surface area contributed by atoms with Crippen molar-refractivity contribution in [3.05, 3.63) is 60.2 Å². The smallest absolute Gasteiger partial charge is 0.406 e. The van der Waals surface area contributed by atoms with Crippen molar-refractivity contribution in [2.24, 2.45) is 0 Å². The minimum atomic E-state index is -4.76. The average Bonchev–Trinajstić information content (AvgIpc) is 2.59. The molecule has 0 saturated carbocycles. The summed E-state index contributed by atoms with van der Waals surface area (Å²) in [5, 5.41) is 2.52. The van der Waals surface area contributed by atoms with Gasteiger partial charge in [0.15, 0.2) is 9.84 Å². The van der Waals surface area contributed by atoms with Gasteiger partial charge in [0.05, 0.1) is 10.6 Å². The minimum absolute atomic E-state index is 0.0660. The number of benzene rings is 2. The third-order valence-electron chi connectivity index (χ3n) is 3.35. The number of carbonyl (C=O) groups is 1. The van der Waals surface area contributed by atoms with Crippen LogP contribution in [0.3, 0.4) is 0 Å². The molecule has 26 heavy (non-hydrogen) atoms. The lowest BCUT2D eigenvalue weighted by molar-refractivity contribution is -0.274. The number of sulfone groups is 1. The van der Waals surface area contributed by atoms with Gasteiger partial charge in [0.1, 0.15) is 5.75 Å². The fourth-order valence-corrected chi connectivity index (χ4v) is 3.33. The molecular formula is C17H16F3NO4S. The zero-order valence-corrected chi connectivity index (χ0v) is 14.3. The van der Waals surface area contributed by atoms with E-state index in [1.807, 2.05) is 0 Å². The van der Waals surface area contributed by atoms with E-state index in [0.717, 1.165) is 12.1 Å². The molecular weight excluding hydrogens is 371 g/mol. The highest BCUT2D eigenvalue weighted by atomic mass is 32.2. The van der Waals surface area contributed by atoms with Crippen LogP contribution in [-0.4, -0.2) is 26.4 Å². The first-order valence-electron chi connectivity index (χ1n) is 7.55. The molecule has 0 fully saturated rings. The summed E-state index contributed by atoms with van der Waals surface area (Å²) in [7, 11) is -3.55. The first kappa shape index (κ1) is 19.8. The zero-order valence-electron chi connectivity index (χ0n) is 13.5. The number of hydrogen-bond donors (Lipinski definition) is 1. The molecule has 0 aromatic heterocycles. The van der Waals surface area contributed by atoms with Gasteiger partial charge in [-0.25, -0.2) is 8.42 Å². The fraction of sp³-hybridized carbons (Fsp3) is 0.235. The van der Waals surface area contributed by atoms with E-state index in [0.29, 0.717) is 5.56 Å². The fourth-order valence-electron chi connectivity index (χ4n) is 2.07. The second-order valence-corrected chi connectivity index (χ2v) is 7.46. The van der Waals surface area contributed by atoms with Crippen molar-refractivity contribution in [1.82, 2.24) is 5.32 Å². The van der Waals surface area contributed by atoms with Crippen molar-refractivity contribution in [3.8, 4) is 5.75 Å². The van der Waals surface area contributed by atoms with E-state index >= 15 is 0 Å². The van der Waals surface area contributed by atoms with Gasteiger partial charge in [-0.3, -0.25) is 4.79 Å². The summed E-state index contributed by atoms with van der Waals surface area (Å²) < 4.78 is 64.1. The van der Waals surface area contributed by atoms with Crippen LogP contribution < -0.4 is 10.1 Å². The van der Waals surface area contributed by atoms with Crippen LogP contribution in [0, 0.1) is 0 Å². The number of alkyl halides is 3. The molecule has 5 nitrogen and oxygen atoms in total. The summed E-state index contributed by atoms with van der Waals surface area (Å²) in [6, 6.07) is 12.8. The average molecular weight is 387 g/mol. The van der Waals surface area contributed by atoms with Crippen LogP contribution >= 0.6 is 0 Å². The topological polar surface area (TPSA) is 72.5 Å². The third-order valence-corrected chi connectivity index (χ3v) is 5.08. The maximum atomic E-state index is 12.1. The van der Waals surface area contributed by atoms with Gasteiger partial charge < -0.3 is 10.1 Å². The Hall–Kier alpha value is -2.55. The van der Waals surface area contributed by atoms with E-state index in [9.17, 15) is 26.4 Å². The van der Waals surface area contributed by atoms with Crippen LogP contribution in [0.25, 0.3) is 0 Å². The van der Waals surface area contributed by atoms with Crippen LogP contribution in [0.5, 0.6) is 5.75 Å². The Kier molecular flexibility index (Phi) is 6.25. The minimum Gasteiger partial charge on any atom is -0.406 e. The quantitative estimate of drug-likeness (QED) is 0.793. The standard InChI is InChI=1S/C17H16F3NO4S/c18-17(19,20)25-14-8-6-13(7-9-14)12-21-16(22)10-11-26(23,24)15-4-2-1-3-5-15/h1-9H,10-12H2,(H,21,22). The van der Waals surface area contributed by atoms with Crippen molar-refractivity contribution in [2.45, 2.75) is 24.2 Å². The lowest BCUT2D eigenvalue weighted by atomic mass is 10.2. The highest BCUT2D eigenvalue weighted by Crippen LogP contribution is 2.22. The Bertz CT molecular complexity index is 835. The van der Waals surface area contributed by atoms with E-state index in [-0.39, 0.29) is 29.4 Å². The molecule has 140 valence electrons. The molecule has 0 aliphatic rings. The molecule has 0 aliphatic carbocycles. The molecule has 0 unspecified atom stereocenters. The van der Waals surface area contributed by atoms with Crippen molar-refractivity contribution in [2.75, 3.05) is 5.75 Å². The summed E-state index contributed by atoms with van der Waals surface area (Å²) >= 11 is 0. The second kappa shape index (κ2) is 8.22. The largest absolute Gasteiger partial charge is 0.573 e. The lowest BCUT2D eigenvalue weighted by Crippen LogP contribution is -2.25. The van der Waals surface area contributed by atoms with Gasteiger partial charge >= 0.3 is 6.36 Å². The van der Waals surface area contributed by atoms with E-state index in [1.165, 1.54) is 24.3 Å². The van der Waals surface area contributed by atoms with Crippen LogP contribution in [0.2, 0.25) is 0 Å². The number of hydrogen-bond acceptors (Lipinski definition) is 4. The Morgan fingerprint density at radius 2 is 1.62 bits per heavy atom. The van der Waals surface area contributed by atoms with Crippen LogP contribution in [0.15, 0.2) is 59.5 Å². The van der Waals surface area contributed by atoms with Gasteiger partial charge in [-0.15, -0.1) is 13.2 Å². The lowest BCUT2D eigenvalue weighted by Gasteiger charge is -2.10.